The zero-order valence-electron chi connectivity index (χ0n) is 21.6. The van der Waals surface area contributed by atoms with Gasteiger partial charge in [0.25, 0.3) is 0 Å². The van der Waals surface area contributed by atoms with Gasteiger partial charge < -0.3 is 19.3 Å². The topological polar surface area (TPSA) is 111 Å². The second-order valence-electron chi connectivity index (χ2n) is 10.2. The highest BCUT2D eigenvalue weighted by molar-refractivity contribution is 7.13. The maximum Gasteiger partial charge on any atom is 0.411 e. The van der Waals surface area contributed by atoms with Crippen molar-refractivity contribution in [2.75, 3.05) is 13.7 Å². The molecule has 1 N–H and O–H groups in total. The van der Waals surface area contributed by atoms with Gasteiger partial charge in [-0.15, -0.1) is 11.3 Å². The number of methoxy groups -OCH3 is 1. The molecule has 0 bridgehead atoms. The van der Waals surface area contributed by atoms with Gasteiger partial charge in [0.15, 0.2) is 0 Å². The molecule has 2 atom stereocenters. The van der Waals surface area contributed by atoms with E-state index in [4.69, 9.17) is 35.8 Å². The van der Waals surface area contributed by atoms with Gasteiger partial charge in [-0.3, -0.25) is 4.90 Å². The van der Waals surface area contributed by atoms with Gasteiger partial charge in [0.1, 0.15) is 45.0 Å². The average molecular weight is 548 g/mol. The molecular formula is C26H30ClN3O6S. The standard InChI is InChI=1S/C26H30ClN3O6S/c1-13(2)17-12-37-23(29-17)16-10-20(15-7-8-19(34-6)21(27)22(15)28-16)35-14-9-18(24(31)32)30(11-14)25(33)36-26(3,4)5/h7-8,10,12-14,18H,9,11H2,1-6H3,(H,31,32). The number of likely N-dealkylation sites (tertiary alicyclic amines) is 1. The number of aromatic nitrogens is 2. The van der Waals surface area contributed by atoms with E-state index in [0.29, 0.717) is 38.1 Å². The molecule has 198 valence electrons. The molecule has 1 aliphatic heterocycles. The van der Waals surface area contributed by atoms with Gasteiger partial charge in [-0.05, 0) is 38.8 Å². The zero-order chi connectivity index (χ0) is 27.1. The highest BCUT2D eigenvalue weighted by Crippen LogP contribution is 2.40. The van der Waals surface area contributed by atoms with Crippen LogP contribution in [-0.2, 0) is 9.53 Å². The number of pyridine rings is 1. The van der Waals surface area contributed by atoms with Crippen LogP contribution in [0.2, 0.25) is 5.02 Å². The maximum absolute atomic E-state index is 12.7. The Labute approximate surface area is 224 Å². The number of nitrogens with zero attached hydrogens (tertiary/aromatic N) is 3. The molecule has 0 radical (unpaired) electrons. The summed E-state index contributed by atoms with van der Waals surface area (Å²) in [4.78, 5) is 35.4. The SMILES string of the molecule is COc1ccc2c(OC3CC(C(=O)O)N(C(=O)OC(C)(C)C)C3)cc(-c3nc(C(C)C)cs3)nc2c1Cl. The van der Waals surface area contributed by atoms with E-state index in [1.165, 1.54) is 23.3 Å². The van der Waals surface area contributed by atoms with Crippen molar-refractivity contribution in [3.8, 4) is 22.2 Å². The third kappa shape index (κ3) is 5.75. The summed E-state index contributed by atoms with van der Waals surface area (Å²) in [6, 6.07) is 4.23. The first-order valence-electron chi connectivity index (χ1n) is 11.9. The molecule has 2 aromatic heterocycles. The first kappa shape index (κ1) is 26.9. The van der Waals surface area contributed by atoms with Crippen molar-refractivity contribution < 1.29 is 28.9 Å². The minimum absolute atomic E-state index is 0.0592. The lowest BCUT2D eigenvalue weighted by molar-refractivity contribution is -0.142. The molecule has 4 rings (SSSR count). The van der Waals surface area contributed by atoms with Crippen molar-refractivity contribution in [1.29, 1.82) is 0 Å². The molecule has 0 saturated carbocycles. The number of rotatable bonds is 6. The first-order chi connectivity index (χ1) is 17.4. The van der Waals surface area contributed by atoms with Crippen LogP contribution < -0.4 is 9.47 Å². The number of amides is 1. The number of hydrogen-bond donors (Lipinski definition) is 1. The summed E-state index contributed by atoms with van der Waals surface area (Å²) in [5.41, 5.74) is 1.25. The summed E-state index contributed by atoms with van der Waals surface area (Å²) in [7, 11) is 1.53. The Morgan fingerprint density at radius 2 is 1.95 bits per heavy atom. The Kier molecular flexibility index (Phi) is 7.52. The third-order valence-electron chi connectivity index (χ3n) is 5.87. The first-order valence-corrected chi connectivity index (χ1v) is 13.2. The van der Waals surface area contributed by atoms with Crippen molar-refractivity contribution in [3.05, 3.63) is 34.3 Å². The molecule has 37 heavy (non-hydrogen) atoms. The molecule has 1 amide bonds. The van der Waals surface area contributed by atoms with Crippen LogP contribution in [0, 0.1) is 0 Å². The molecular weight excluding hydrogens is 518 g/mol. The van der Waals surface area contributed by atoms with Gasteiger partial charge in [0.05, 0.1) is 24.9 Å². The van der Waals surface area contributed by atoms with E-state index < -0.39 is 29.8 Å². The number of benzene rings is 1. The Hall–Kier alpha value is -3.11. The van der Waals surface area contributed by atoms with Crippen LogP contribution in [0.5, 0.6) is 11.5 Å². The van der Waals surface area contributed by atoms with Crippen LogP contribution >= 0.6 is 22.9 Å². The monoisotopic (exact) mass is 547 g/mol. The van der Waals surface area contributed by atoms with Gasteiger partial charge in [-0.25, -0.2) is 19.6 Å². The van der Waals surface area contributed by atoms with Crippen LogP contribution in [-0.4, -0.2) is 63.4 Å². The Bertz CT molecular complexity index is 1340. The summed E-state index contributed by atoms with van der Waals surface area (Å²) in [6.07, 6.45) is -1.18. The smallest absolute Gasteiger partial charge is 0.411 e. The molecule has 11 heteroatoms. The van der Waals surface area contributed by atoms with Gasteiger partial charge in [-0.1, -0.05) is 25.4 Å². The van der Waals surface area contributed by atoms with E-state index in [1.54, 1.807) is 39.0 Å². The fourth-order valence-electron chi connectivity index (χ4n) is 4.06. The number of carboxylic acid groups (broad SMARTS) is 1. The molecule has 3 heterocycles. The molecule has 1 aromatic carbocycles. The molecule has 9 nitrogen and oxygen atoms in total. The maximum atomic E-state index is 12.7. The van der Waals surface area contributed by atoms with Crippen molar-refractivity contribution in [1.82, 2.24) is 14.9 Å². The second-order valence-corrected chi connectivity index (χ2v) is 11.4. The Balaban J connectivity index is 1.73. The number of thiazole rings is 1. The van der Waals surface area contributed by atoms with Crippen molar-refractivity contribution in [2.45, 2.75) is 64.7 Å². The average Bonchev–Trinajstić information content (AvgIpc) is 3.46. The Morgan fingerprint density at radius 1 is 1.22 bits per heavy atom. The third-order valence-corrected chi connectivity index (χ3v) is 7.12. The zero-order valence-corrected chi connectivity index (χ0v) is 23.1. The fourth-order valence-corrected chi connectivity index (χ4v) is 5.29. The van der Waals surface area contributed by atoms with Crippen LogP contribution in [0.3, 0.4) is 0 Å². The highest BCUT2D eigenvalue weighted by atomic mass is 35.5. The van der Waals surface area contributed by atoms with Crippen molar-refractivity contribution in [3.63, 3.8) is 0 Å². The lowest BCUT2D eigenvalue weighted by Crippen LogP contribution is -2.43. The van der Waals surface area contributed by atoms with Gasteiger partial charge in [0.2, 0.25) is 0 Å². The number of aliphatic carboxylic acids is 1. The largest absolute Gasteiger partial charge is 0.495 e. The predicted octanol–water partition coefficient (Wildman–Crippen LogP) is 5.99. The minimum Gasteiger partial charge on any atom is -0.495 e. The quantitative estimate of drug-likeness (QED) is 0.401. The molecule has 0 aliphatic carbocycles. The molecule has 1 aliphatic rings. The number of carboxylic acids is 1. The van der Waals surface area contributed by atoms with E-state index in [1.807, 2.05) is 5.38 Å². The number of carbonyl (C=O) groups is 2. The van der Waals surface area contributed by atoms with Crippen LogP contribution in [0.4, 0.5) is 4.79 Å². The van der Waals surface area contributed by atoms with Gasteiger partial charge in [-0.2, -0.15) is 0 Å². The van der Waals surface area contributed by atoms with Crippen LogP contribution in [0.25, 0.3) is 21.6 Å². The van der Waals surface area contributed by atoms with E-state index in [0.717, 1.165) is 5.69 Å². The second kappa shape index (κ2) is 10.3. The van der Waals surface area contributed by atoms with Gasteiger partial charge >= 0.3 is 12.1 Å². The van der Waals surface area contributed by atoms with E-state index in [2.05, 4.69) is 13.8 Å². The van der Waals surface area contributed by atoms with E-state index in [-0.39, 0.29) is 18.9 Å². The molecule has 3 aromatic rings. The lowest BCUT2D eigenvalue weighted by atomic mass is 10.1. The molecule has 1 saturated heterocycles. The normalized spacial score (nSPS) is 17.9. The van der Waals surface area contributed by atoms with Crippen molar-refractivity contribution >= 4 is 45.9 Å². The predicted molar refractivity (Wildman–Crippen MR) is 142 cm³/mol. The Morgan fingerprint density at radius 3 is 2.54 bits per heavy atom. The van der Waals surface area contributed by atoms with Crippen LogP contribution in [0.1, 0.15) is 52.7 Å². The summed E-state index contributed by atoms with van der Waals surface area (Å²) in [5, 5.41) is 13.4. The van der Waals surface area contributed by atoms with Crippen LogP contribution in [0.15, 0.2) is 23.6 Å². The highest BCUT2D eigenvalue weighted by Gasteiger charge is 2.43. The van der Waals surface area contributed by atoms with E-state index in [9.17, 15) is 14.7 Å². The van der Waals surface area contributed by atoms with Crippen molar-refractivity contribution in [2.24, 2.45) is 0 Å². The summed E-state index contributed by atoms with van der Waals surface area (Å²) >= 11 is 8.10. The molecule has 2 unspecified atom stereocenters. The summed E-state index contributed by atoms with van der Waals surface area (Å²) in [5.74, 6) is 0.0739. The number of carbonyl (C=O) groups excluding carboxylic acids is 1. The number of ether oxygens (including phenoxy) is 3. The summed E-state index contributed by atoms with van der Waals surface area (Å²) < 4.78 is 17.2. The number of hydrogen-bond acceptors (Lipinski definition) is 8. The number of fused-ring (bicyclic) bond motifs is 1. The molecule has 1 fully saturated rings. The van der Waals surface area contributed by atoms with Gasteiger partial charge in [0, 0.05) is 23.3 Å². The van der Waals surface area contributed by atoms with E-state index >= 15 is 0 Å². The fraction of sp³-hybridized carbons (Fsp3) is 0.462. The molecule has 0 spiro atoms. The lowest BCUT2D eigenvalue weighted by Gasteiger charge is -2.26. The minimum atomic E-state index is -1.12. The summed E-state index contributed by atoms with van der Waals surface area (Å²) in [6.45, 7) is 9.39. The number of halogens is 1.